The van der Waals surface area contributed by atoms with Gasteiger partial charge in [-0.25, -0.2) is 4.98 Å². The second-order valence-corrected chi connectivity index (χ2v) is 6.65. The maximum Gasteiger partial charge on any atom is 0.433 e. The molecule has 0 aliphatic carbocycles. The highest BCUT2D eigenvalue weighted by molar-refractivity contribution is 7.20. The van der Waals surface area contributed by atoms with E-state index in [0.29, 0.717) is 28.9 Å². The molecule has 0 bridgehead atoms. The number of aryl methyl sites for hydroxylation is 1. The maximum absolute atomic E-state index is 12.8. The van der Waals surface area contributed by atoms with E-state index in [9.17, 15) is 18.0 Å². The molecule has 1 aliphatic rings. The van der Waals surface area contributed by atoms with Gasteiger partial charge < -0.3 is 10.2 Å². The molecule has 124 valence electrons. The number of amides is 1. The summed E-state index contributed by atoms with van der Waals surface area (Å²) in [7, 11) is 0. The van der Waals surface area contributed by atoms with Crippen molar-refractivity contribution in [3.8, 4) is 0 Å². The molecular weight excluding hydrogens is 327 g/mol. The van der Waals surface area contributed by atoms with Crippen LogP contribution in [0.4, 0.5) is 13.2 Å². The number of hydrogen-bond acceptors (Lipinski definition) is 4. The first kappa shape index (κ1) is 16.2. The number of piperazine rings is 1. The van der Waals surface area contributed by atoms with Crippen LogP contribution in [0.3, 0.4) is 0 Å². The highest BCUT2D eigenvalue weighted by atomic mass is 32.1. The maximum atomic E-state index is 12.8. The zero-order chi connectivity index (χ0) is 16.8. The topological polar surface area (TPSA) is 45.2 Å². The van der Waals surface area contributed by atoms with Crippen molar-refractivity contribution >= 4 is 27.5 Å². The minimum Gasteiger partial charge on any atom is -0.333 e. The van der Waals surface area contributed by atoms with Gasteiger partial charge in [0.1, 0.15) is 10.5 Å². The number of thiophene rings is 1. The number of fused-ring (bicyclic) bond motifs is 1. The lowest BCUT2D eigenvalue weighted by Gasteiger charge is -2.33. The predicted molar refractivity (Wildman–Crippen MR) is 82.7 cm³/mol. The van der Waals surface area contributed by atoms with E-state index >= 15 is 0 Å². The average molecular weight is 343 g/mol. The molecular formula is C15H16F3N3OS. The van der Waals surface area contributed by atoms with Crippen LogP contribution in [0.25, 0.3) is 10.2 Å². The summed E-state index contributed by atoms with van der Waals surface area (Å²) in [5.74, 6) is -0.131. The summed E-state index contributed by atoms with van der Waals surface area (Å²) in [4.78, 5) is 18.9. The summed E-state index contributed by atoms with van der Waals surface area (Å²) in [5.41, 5.74) is -0.234. The Morgan fingerprint density at radius 3 is 2.83 bits per heavy atom. The quantitative estimate of drug-likeness (QED) is 0.866. The van der Waals surface area contributed by atoms with Crippen LogP contribution in [0.15, 0.2) is 12.1 Å². The fourth-order valence-corrected chi connectivity index (χ4v) is 3.87. The van der Waals surface area contributed by atoms with E-state index in [4.69, 9.17) is 0 Å². The van der Waals surface area contributed by atoms with E-state index in [0.717, 1.165) is 23.9 Å². The molecule has 2 aromatic heterocycles. The molecule has 1 fully saturated rings. The van der Waals surface area contributed by atoms with Gasteiger partial charge in [-0.1, -0.05) is 0 Å². The number of nitrogens with zero attached hydrogens (tertiary/aromatic N) is 2. The van der Waals surface area contributed by atoms with E-state index in [-0.39, 0.29) is 16.8 Å². The monoisotopic (exact) mass is 343 g/mol. The fourth-order valence-electron chi connectivity index (χ4n) is 2.73. The molecule has 0 spiro atoms. The van der Waals surface area contributed by atoms with Crippen LogP contribution in [0.2, 0.25) is 0 Å². The number of carbonyl (C=O) groups excluding carboxylic acids is 1. The highest BCUT2D eigenvalue weighted by Gasteiger charge is 2.33. The van der Waals surface area contributed by atoms with E-state index in [1.807, 2.05) is 6.92 Å². The highest BCUT2D eigenvalue weighted by Crippen LogP contribution is 2.34. The number of aromatic nitrogens is 1. The van der Waals surface area contributed by atoms with E-state index in [1.54, 1.807) is 11.8 Å². The first-order valence-electron chi connectivity index (χ1n) is 7.28. The molecule has 23 heavy (non-hydrogen) atoms. The van der Waals surface area contributed by atoms with Gasteiger partial charge in [0.15, 0.2) is 0 Å². The number of carbonyl (C=O) groups is 1. The van der Waals surface area contributed by atoms with Crippen LogP contribution in [0, 0.1) is 6.92 Å². The van der Waals surface area contributed by atoms with Crippen molar-refractivity contribution in [2.75, 3.05) is 19.6 Å². The van der Waals surface area contributed by atoms with Crippen molar-refractivity contribution in [2.45, 2.75) is 26.1 Å². The zero-order valence-corrected chi connectivity index (χ0v) is 13.5. The first-order valence-corrected chi connectivity index (χ1v) is 8.09. The van der Waals surface area contributed by atoms with Crippen molar-refractivity contribution in [2.24, 2.45) is 0 Å². The molecule has 0 aromatic carbocycles. The van der Waals surface area contributed by atoms with Crippen LogP contribution in [-0.2, 0) is 6.18 Å². The molecule has 1 atom stereocenters. The van der Waals surface area contributed by atoms with Crippen molar-refractivity contribution < 1.29 is 18.0 Å². The minimum absolute atomic E-state index is 0.0551. The Kier molecular flexibility index (Phi) is 4.05. The Morgan fingerprint density at radius 2 is 2.17 bits per heavy atom. The zero-order valence-electron chi connectivity index (χ0n) is 12.7. The van der Waals surface area contributed by atoms with E-state index in [2.05, 4.69) is 10.3 Å². The summed E-state index contributed by atoms with van der Waals surface area (Å²) >= 11 is 1.04. The number of hydrogen-bond donors (Lipinski definition) is 1. The molecule has 1 aliphatic heterocycles. The average Bonchev–Trinajstić information content (AvgIpc) is 2.83. The van der Waals surface area contributed by atoms with Crippen LogP contribution in [-0.4, -0.2) is 41.5 Å². The number of nitrogens with one attached hydrogen (secondary N) is 1. The van der Waals surface area contributed by atoms with E-state index < -0.39 is 11.9 Å². The number of rotatable bonds is 1. The lowest BCUT2D eigenvalue weighted by atomic mass is 10.1. The Morgan fingerprint density at radius 1 is 1.43 bits per heavy atom. The molecule has 3 rings (SSSR count). The summed E-state index contributed by atoms with van der Waals surface area (Å²) < 4.78 is 38.4. The normalized spacial score (nSPS) is 19.3. The SMILES string of the molecule is Cc1c(C(=O)N2CCNC[C@H]2C)sc2nc(C(F)(F)F)ccc12. The Balaban J connectivity index is 2.01. The Hall–Kier alpha value is -1.67. The standard InChI is InChI=1S/C15H16F3N3OS/c1-8-7-19-5-6-21(8)14(22)12-9(2)10-3-4-11(15(16,17)18)20-13(10)23-12/h3-4,8,19H,5-7H2,1-2H3/t8-/m1/s1. The molecule has 0 unspecified atom stereocenters. The van der Waals surface area contributed by atoms with Gasteiger partial charge in [0, 0.05) is 31.1 Å². The van der Waals surface area contributed by atoms with Gasteiger partial charge in [0.2, 0.25) is 0 Å². The van der Waals surface area contributed by atoms with E-state index in [1.165, 1.54) is 6.07 Å². The second kappa shape index (κ2) is 5.76. The van der Waals surface area contributed by atoms with Gasteiger partial charge in [-0.05, 0) is 31.5 Å². The van der Waals surface area contributed by atoms with Crippen LogP contribution in [0.1, 0.15) is 27.9 Å². The molecule has 1 amide bonds. The van der Waals surface area contributed by atoms with Gasteiger partial charge >= 0.3 is 6.18 Å². The smallest absolute Gasteiger partial charge is 0.333 e. The first-order chi connectivity index (χ1) is 10.8. The summed E-state index contributed by atoms with van der Waals surface area (Å²) in [6.45, 7) is 5.73. The summed E-state index contributed by atoms with van der Waals surface area (Å²) in [6.07, 6.45) is -4.48. The molecule has 0 saturated carbocycles. The molecule has 8 heteroatoms. The third kappa shape index (κ3) is 2.92. The molecule has 3 heterocycles. The second-order valence-electron chi connectivity index (χ2n) is 5.65. The molecule has 0 radical (unpaired) electrons. The fraction of sp³-hybridized carbons (Fsp3) is 0.467. The van der Waals surface area contributed by atoms with Crippen molar-refractivity contribution in [3.05, 3.63) is 28.3 Å². The van der Waals surface area contributed by atoms with Crippen molar-refractivity contribution in [1.82, 2.24) is 15.2 Å². The molecule has 1 N–H and O–H groups in total. The largest absolute Gasteiger partial charge is 0.433 e. The lowest BCUT2D eigenvalue weighted by molar-refractivity contribution is -0.140. The number of pyridine rings is 1. The predicted octanol–water partition coefficient (Wildman–Crippen LogP) is 3.06. The summed E-state index contributed by atoms with van der Waals surface area (Å²) in [5, 5.41) is 3.81. The van der Waals surface area contributed by atoms with Crippen molar-refractivity contribution in [1.29, 1.82) is 0 Å². The molecule has 1 saturated heterocycles. The van der Waals surface area contributed by atoms with Gasteiger partial charge in [-0.15, -0.1) is 11.3 Å². The van der Waals surface area contributed by atoms with Gasteiger partial charge in [0.05, 0.1) is 4.88 Å². The summed E-state index contributed by atoms with van der Waals surface area (Å²) in [6, 6.07) is 2.41. The van der Waals surface area contributed by atoms with Gasteiger partial charge in [0.25, 0.3) is 5.91 Å². The van der Waals surface area contributed by atoms with Gasteiger partial charge in [-0.2, -0.15) is 13.2 Å². The number of alkyl halides is 3. The third-order valence-corrected chi connectivity index (χ3v) is 5.24. The molecule has 4 nitrogen and oxygen atoms in total. The Labute approximate surface area is 135 Å². The van der Waals surface area contributed by atoms with Gasteiger partial charge in [-0.3, -0.25) is 4.79 Å². The Bertz CT molecular complexity index is 756. The molecule has 2 aromatic rings. The van der Waals surface area contributed by atoms with Crippen LogP contribution in [0.5, 0.6) is 0 Å². The lowest BCUT2D eigenvalue weighted by Crippen LogP contribution is -2.52. The van der Waals surface area contributed by atoms with Crippen LogP contribution < -0.4 is 5.32 Å². The number of halogens is 3. The third-order valence-electron chi connectivity index (χ3n) is 4.05. The van der Waals surface area contributed by atoms with Crippen LogP contribution >= 0.6 is 11.3 Å². The van der Waals surface area contributed by atoms with Crippen molar-refractivity contribution in [3.63, 3.8) is 0 Å². The minimum atomic E-state index is -4.48.